The molecule has 0 radical (unpaired) electrons. The molecule has 1 aliphatic rings. The fraction of sp³-hybridized carbons (Fsp3) is 0.500. The maximum absolute atomic E-state index is 12.2. The maximum atomic E-state index is 12.2. The van der Waals surface area contributed by atoms with Gasteiger partial charge >= 0.3 is 0 Å². The fourth-order valence-corrected chi connectivity index (χ4v) is 2.30. The Morgan fingerprint density at radius 3 is 2.94 bits per heavy atom. The van der Waals surface area contributed by atoms with Gasteiger partial charge in [0, 0.05) is 37.7 Å². The van der Waals surface area contributed by atoms with Crippen LogP contribution in [0.2, 0.25) is 0 Å². The van der Waals surface area contributed by atoms with Crippen LogP contribution in [0, 0.1) is 6.92 Å². The first kappa shape index (κ1) is 12.3. The van der Waals surface area contributed by atoms with E-state index in [1.165, 1.54) is 0 Å². The largest absolute Gasteiger partial charge is 0.314 e. The molecule has 1 atom stereocenters. The van der Waals surface area contributed by atoms with Crippen molar-refractivity contribution in [2.45, 2.75) is 19.4 Å². The SMILES string of the molecule is Cc1ccccc1C(=O)CC1CNCCN1C. The van der Waals surface area contributed by atoms with Crippen molar-refractivity contribution in [3.63, 3.8) is 0 Å². The zero-order valence-electron chi connectivity index (χ0n) is 10.6. The highest BCUT2D eigenvalue weighted by atomic mass is 16.1. The Labute approximate surface area is 103 Å². The molecule has 3 nitrogen and oxygen atoms in total. The third kappa shape index (κ3) is 2.93. The van der Waals surface area contributed by atoms with Gasteiger partial charge in [0.25, 0.3) is 0 Å². The number of rotatable bonds is 3. The van der Waals surface area contributed by atoms with Crippen LogP contribution >= 0.6 is 0 Å². The van der Waals surface area contributed by atoms with E-state index in [0.717, 1.165) is 30.8 Å². The lowest BCUT2D eigenvalue weighted by Gasteiger charge is -2.32. The van der Waals surface area contributed by atoms with Gasteiger partial charge in [-0.15, -0.1) is 0 Å². The lowest BCUT2D eigenvalue weighted by Crippen LogP contribution is -2.50. The number of ketones is 1. The number of benzene rings is 1. The summed E-state index contributed by atoms with van der Waals surface area (Å²) in [5.41, 5.74) is 1.94. The van der Waals surface area contributed by atoms with E-state index in [1.54, 1.807) is 0 Å². The number of hydrogen-bond donors (Lipinski definition) is 1. The molecule has 0 spiro atoms. The minimum Gasteiger partial charge on any atom is -0.314 e. The van der Waals surface area contributed by atoms with E-state index in [2.05, 4.69) is 17.3 Å². The summed E-state index contributed by atoms with van der Waals surface area (Å²) in [5, 5.41) is 3.34. The first-order valence-electron chi connectivity index (χ1n) is 6.18. The second kappa shape index (κ2) is 5.43. The maximum Gasteiger partial charge on any atom is 0.164 e. The number of carbonyl (C=O) groups excluding carboxylic acids is 1. The minimum absolute atomic E-state index is 0.253. The summed E-state index contributed by atoms with van der Waals surface area (Å²) >= 11 is 0. The van der Waals surface area contributed by atoms with Crippen molar-refractivity contribution < 1.29 is 4.79 Å². The summed E-state index contributed by atoms with van der Waals surface area (Å²) in [6.45, 7) is 4.95. The summed E-state index contributed by atoms with van der Waals surface area (Å²) in [4.78, 5) is 14.5. The van der Waals surface area contributed by atoms with Crippen LogP contribution in [-0.2, 0) is 0 Å². The van der Waals surface area contributed by atoms with Gasteiger partial charge in [0.1, 0.15) is 0 Å². The molecule has 2 rings (SSSR count). The second-order valence-corrected chi connectivity index (χ2v) is 4.78. The smallest absolute Gasteiger partial charge is 0.164 e. The molecule has 1 saturated heterocycles. The monoisotopic (exact) mass is 232 g/mol. The van der Waals surface area contributed by atoms with Crippen LogP contribution < -0.4 is 5.32 Å². The molecule has 1 N–H and O–H groups in total. The molecule has 0 bridgehead atoms. The third-order valence-electron chi connectivity index (χ3n) is 3.51. The Bertz CT molecular complexity index is 403. The first-order valence-corrected chi connectivity index (χ1v) is 6.18. The zero-order chi connectivity index (χ0) is 12.3. The summed E-state index contributed by atoms with van der Waals surface area (Å²) in [6.07, 6.45) is 0.606. The normalized spacial score (nSPS) is 21.4. The lowest BCUT2D eigenvalue weighted by atomic mass is 9.98. The van der Waals surface area contributed by atoms with Crippen LogP contribution in [0.3, 0.4) is 0 Å². The molecular weight excluding hydrogens is 212 g/mol. The van der Waals surface area contributed by atoms with Crippen molar-refractivity contribution in [2.75, 3.05) is 26.7 Å². The zero-order valence-corrected chi connectivity index (χ0v) is 10.6. The Hall–Kier alpha value is -1.19. The average Bonchev–Trinajstić information content (AvgIpc) is 2.32. The number of nitrogens with zero attached hydrogens (tertiary/aromatic N) is 1. The molecular formula is C14H20N2O. The predicted octanol–water partition coefficient (Wildman–Crippen LogP) is 1.47. The van der Waals surface area contributed by atoms with Gasteiger partial charge in [-0.2, -0.15) is 0 Å². The van der Waals surface area contributed by atoms with E-state index < -0.39 is 0 Å². The van der Waals surface area contributed by atoms with Gasteiger partial charge in [0.2, 0.25) is 0 Å². The van der Waals surface area contributed by atoms with Gasteiger partial charge in [-0.25, -0.2) is 0 Å². The highest BCUT2D eigenvalue weighted by molar-refractivity contribution is 5.97. The third-order valence-corrected chi connectivity index (χ3v) is 3.51. The lowest BCUT2D eigenvalue weighted by molar-refractivity contribution is 0.0917. The highest BCUT2D eigenvalue weighted by Crippen LogP contribution is 2.13. The van der Waals surface area contributed by atoms with Crippen LogP contribution in [0.4, 0.5) is 0 Å². The van der Waals surface area contributed by atoms with E-state index in [1.807, 2.05) is 31.2 Å². The van der Waals surface area contributed by atoms with Crippen molar-refractivity contribution >= 4 is 5.78 Å². The molecule has 1 heterocycles. The van der Waals surface area contributed by atoms with Crippen LogP contribution in [0.5, 0.6) is 0 Å². The molecule has 0 saturated carbocycles. The number of aryl methyl sites for hydroxylation is 1. The number of hydrogen-bond acceptors (Lipinski definition) is 3. The Morgan fingerprint density at radius 2 is 2.24 bits per heavy atom. The molecule has 1 aromatic carbocycles. The van der Waals surface area contributed by atoms with E-state index in [-0.39, 0.29) is 5.78 Å². The summed E-state index contributed by atoms with van der Waals surface area (Å²) < 4.78 is 0. The Balaban J connectivity index is 2.04. The number of carbonyl (C=O) groups is 1. The Morgan fingerprint density at radius 1 is 1.47 bits per heavy atom. The van der Waals surface area contributed by atoms with E-state index in [0.29, 0.717) is 12.5 Å². The van der Waals surface area contributed by atoms with Crippen LogP contribution in [-0.4, -0.2) is 43.4 Å². The standard InChI is InChI=1S/C14H20N2O/c1-11-5-3-4-6-13(11)14(17)9-12-10-15-7-8-16(12)2/h3-6,12,15H,7-10H2,1-2H3. The van der Waals surface area contributed by atoms with Gasteiger partial charge in [-0.1, -0.05) is 24.3 Å². The van der Waals surface area contributed by atoms with Crippen LogP contribution in [0.1, 0.15) is 22.3 Å². The van der Waals surface area contributed by atoms with Crippen LogP contribution in [0.25, 0.3) is 0 Å². The van der Waals surface area contributed by atoms with Crippen molar-refractivity contribution in [3.05, 3.63) is 35.4 Å². The molecule has 1 aromatic rings. The van der Waals surface area contributed by atoms with Gasteiger partial charge in [0.15, 0.2) is 5.78 Å². The van der Waals surface area contributed by atoms with Gasteiger partial charge in [-0.3, -0.25) is 4.79 Å². The summed E-state index contributed by atoms with van der Waals surface area (Å²) in [6, 6.07) is 8.16. The second-order valence-electron chi connectivity index (χ2n) is 4.78. The van der Waals surface area contributed by atoms with E-state index >= 15 is 0 Å². The van der Waals surface area contributed by atoms with E-state index in [9.17, 15) is 4.79 Å². The molecule has 0 aliphatic carbocycles. The molecule has 1 aliphatic heterocycles. The topological polar surface area (TPSA) is 32.3 Å². The quantitative estimate of drug-likeness (QED) is 0.801. The summed E-state index contributed by atoms with van der Waals surface area (Å²) in [5.74, 6) is 0.253. The number of likely N-dealkylation sites (N-methyl/N-ethyl adjacent to an activating group) is 1. The highest BCUT2D eigenvalue weighted by Gasteiger charge is 2.22. The average molecular weight is 232 g/mol. The van der Waals surface area contributed by atoms with Crippen molar-refractivity contribution in [2.24, 2.45) is 0 Å². The molecule has 3 heteroatoms. The summed E-state index contributed by atoms with van der Waals surface area (Å²) in [7, 11) is 2.09. The molecule has 92 valence electrons. The fourth-order valence-electron chi connectivity index (χ4n) is 2.30. The Kier molecular flexibility index (Phi) is 3.92. The molecule has 1 unspecified atom stereocenters. The number of nitrogens with one attached hydrogen (secondary N) is 1. The number of Topliss-reactive ketones (excluding diaryl/α,β-unsaturated/α-hetero) is 1. The van der Waals surface area contributed by atoms with Gasteiger partial charge in [0.05, 0.1) is 0 Å². The van der Waals surface area contributed by atoms with Crippen molar-refractivity contribution in [1.82, 2.24) is 10.2 Å². The molecule has 0 amide bonds. The molecule has 0 aromatic heterocycles. The first-order chi connectivity index (χ1) is 8.18. The van der Waals surface area contributed by atoms with Gasteiger partial charge in [-0.05, 0) is 19.5 Å². The number of piperazine rings is 1. The van der Waals surface area contributed by atoms with E-state index in [4.69, 9.17) is 0 Å². The van der Waals surface area contributed by atoms with Crippen LogP contribution in [0.15, 0.2) is 24.3 Å². The predicted molar refractivity (Wildman–Crippen MR) is 69.4 cm³/mol. The molecule has 1 fully saturated rings. The molecule has 17 heavy (non-hydrogen) atoms. The van der Waals surface area contributed by atoms with Gasteiger partial charge < -0.3 is 10.2 Å². The van der Waals surface area contributed by atoms with Crippen molar-refractivity contribution in [1.29, 1.82) is 0 Å². The van der Waals surface area contributed by atoms with Crippen molar-refractivity contribution in [3.8, 4) is 0 Å². The minimum atomic E-state index is 0.253.